The van der Waals surface area contributed by atoms with Crippen LogP contribution in [0.2, 0.25) is 5.02 Å². The lowest BCUT2D eigenvalue weighted by Crippen LogP contribution is -2.25. The average molecular weight is 426 g/mol. The van der Waals surface area contributed by atoms with E-state index in [4.69, 9.17) is 16.4 Å². The van der Waals surface area contributed by atoms with Crippen LogP contribution in [0.4, 0.5) is 11.6 Å². The zero-order valence-electron chi connectivity index (χ0n) is 15.4. The minimum atomic E-state index is -3.76. The minimum absolute atomic E-state index is 0.0336. The molecule has 1 aromatic carbocycles. The van der Waals surface area contributed by atoms with Crippen LogP contribution in [0.25, 0.3) is 0 Å². The fourth-order valence-corrected chi connectivity index (χ4v) is 3.88. The molecule has 0 saturated carbocycles. The second-order valence-electron chi connectivity index (χ2n) is 6.14. The first kappa shape index (κ1) is 20.5. The van der Waals surface area contributed by atoms with Gasteiger partial charge in [0.05, 0.1) is 23.2 Å². The van der Waals surface area contributed by atoms with E-state index in [1.165, 1.54) is 44.6 Å². The van der Waals surface area contributed by atoms with Crippen molar-refractivity contribution in [1.29, 1.82) is 0 Å². The molecule has 28 heavy (non-hydrogen) atoms. The first-order valence-corrected chi connectivity index (χ1v) is 10.4. The largest absolute Gasteiger partial charge is 0.341 e. The van der Waals surface area contributed by atoms with Crippen LogP contribution >= 0.6 is 11.6 Å². The molecule has 150 valence electrons. The molecule has 1 aliphatic heterocycles. The highest BCUT2D eigenvalue weighted by atomic mass is 35.5. The third kappa shape index (κ3) is 4.25. The maximum atomic E-state index is 12.6. The highest BCUT2D eigenvalue weighted by Crippen LogP contribution is 2.22. The van der Waals surface area contributed by atoms with Gasteiger partial charge >= 0.3 is 0 Å². The number of aromatic nitrogens is 2. The molecule has 1 aromatic heterocycles. The predicted molar refractivity (Wildman–Crippen MR) is 105 cm³/mol. The van der Waals surface area contributed by atoms with Gasteiger partial charge in [-0.3, -0.25) is 9.63 Å². The van der Waals surface area contributed by atoms with Crippen LogP contribution in [0.5, 0.6) is 0 Å². The van der Waals surface area contributed by atoms with E-state index in [1.54, 1.807) is 0 Å². The summed E-state index contributed by atoms with van der Waals surface area (Å²) < 4.78 is 25.2. The normalized spacial score (nSPS) is 14.5. The van der Waals surface area contributed by atoms with Gasteiger partial charge in [-0.2, -0.15) is 0 Å². The summed E-state index contributed by atoms with van der Waals surface area (Å²) in [6.07, 6.45) is 3.52. The Morgan fingerprint density at radius 3 is 2.50 bits per heavy atom. The fraction of sp³-hybridized carbons (Fsp3) is 0.353. The molecule has 2 aromatic rings. The van der Waals surface area contributed by atoms with Gasteiger partial charge in [0.1, 0.15) is 0 Å². The zero-order chi connectivity index (χ0) is 20.3. The lowest BCUT2D eigenvalue weighted by Gasteiger charge is -2.16. The molecular weight excluding hydrogens is 406 g/mol. The Labute approximate surface area is 168 Å². The predicted octanol–water partition coefficient (Wildman–Crippen LogP) is 2.16. The second-order valence-corrected chi connectivity index (χ2v) is 8.48. The molecule has 1 saturated heterocycles. The van der Waals surface area contributed by atoms with E-state index in [1.807, 2.05) is 4.90 Å². The van der Waals surface area contributed by atoms with Crippen molar-refractivity contribution in [2.24, 2.45) is 0 Å². The molecule has 1 N–H and O–H groups in total. The number of halogens is 1. The van der Waals surface area contributed by atoms with Gasteiger partial charge < -0.3 is 10.2 Å². The van der Waals surface area contributed by atoms with Crippen molar-refractivity contribution in [1.82, 2.24) is 14.4 Å². The second kappa shape index (κ2) is 8.39. The van der Waals surface area contributed by atoms with Gasteiger partial charge in [-0.05, 0) is 37.1 Å². The maximum absolute atomic E-state index is 12.6. The summed E-state index contributed by atoms with van der Waals surface area (Å²) in [6, 6.07) is 5.70. The Morgan fingerprint density at radius 2 is 1.89 bits per heavy atom. The lowest BCUT2D eigenvalue weighted by molar-refractivity contribution is -0.0258. The number of rotatable bonds is 6. The van der Waals surface area contributed by atoms with Gasteiger partial charge in [-0.25, -0.2) is 18.4 Å². The van der Waals surface area contributed by atoms with E-state index in [2.05, 4.69) is 15.3 Å². The molecule has 9 nitrogen and oxygen atoms in total. The van der Waals surface area contributed by atoms with Crippen LogP contribution < -0.4 is 10.2 Å². The van der Waals surface area contributed by atoms with Gasteiger partial charge in [0.15, 0.2) is 5.69 Å². The summed E-state index contributed by atoms with van der Waals surface area (Å²) in [5, 5.41) is 2.81. The Bertz CT molecular complexity index is 962. The van der Waals surface area contributed by atoms with Crippen LogP contribution in [0.15, 0.2) is 35.4 Å². The number of hydroxylamine groups is 1. The third-order valence-corrected chi connectivity index (χ3v) is 6.31. The van der Waals surface area contributed by atoms with E-state index >= 15 is 0 Å². The number of carbonyl (C=O) groups excluding carboxylic acids is 1. The molecule has 1 aliphatic rings. The molecule has 0 aliphatic carbocycles. The smallest absolute Gasteiger partial charge is 0.276 e. The topological polar surface area (TPSA) is 105 Å². The maximum Gasteiger partial charge on any atom is 0.276 e. The minimum Gasteiger partial charge on any atom is -0.341 e. The number of amides is 1. The number of benzene rings is 1. The van der Waals surface area contributed by atoms with Gasteiger partial charge in [0.25, 0.3) is 15.9 Å². The highest BCUT2D eigenvalue weighted by Gasteiger charge is 2.22. The van der Waals surface area contributed by atoms with Gasteiger partial charge in [-0.1, -0.05) is 16.1 Å². The number of nitrogens with zero attached hydrogens (tertiary/aromatic N) is 4. The SMILES string of the molecule is CON(C)S(=O)(=O)c1ccc(NC(=O)c2nc(N3CCCC3)ncc2Cl)cc1. The van der Waals surface area contributed by atoms with E-state index in [9.17, 15) is 13.2 Å². The first-order chi connectivity index (χ1) is 13.3. The molecule has 1 fully saturated rings. The quantitative estimate of drug-likeness (QED) is 0.707. The van der Waals surface area contributed by atoms with Crippen LogP contribution in [-0.4, -0.2) is 56.0 Å². The number of anilines is 2. The van der Waals surface area contributed by atoms with E-state index in [-0.39, 0.29) is 15.6 Å². The monoisotopic (exact) mass is 425 g/mol. The molecule has 3 rings (SSSR count). The lowest BCUT2D eigenvalue weighted by atomic mass is 10.3. The average Bonchev–Trinajstić information content (AvgIpc) is 3.22. The summed E-state index contributed by atoms with van der Waals surface area (Å²) >= 11 is 6.10. The van der Waals surface area contributed by atoms with Crippen LogP contribution in [-0.2, 0) is 14.9 Å². The summed E-state index contributed by atoms with van der Waals surface area (Å²) in [6.45, 7) is 1.68. The van der Waals surface area contributed by atoms with E-state index in [0.29, 0.717) is 11.6 Å². The van der Waals surface area contributed by atoms with Crippen molar-refractivity contribution in [3.8, 4) is 0 Å². The van der Waals surface area contributed by atoms with Gasteiger partial charge in [0.2, 0.25) is 5.95 Å². The molecule has 0 atom stereocenters. The van der Waals surface area contributed by atoms with Crippen molar-refractivity contribution >= 4 is 39.2 Å². The summed E-state index contributed by atoms with van der Waals surface area (Å²) in [5.41, 5.74) is 0.468. The zero-order valence-corrected chi connectivity index (χ0v) is 17.0. The van der Waals surface area contributed by atoms with Gasteiger partial charge in [-0.15, -0.1) is 0 Å². The molecule has 0 spiro atoms. The first-order valence-electron chi connectivity index (χ1n) is 8.55. The molecule has 11 heteroatoms. The number of hydrogen-bond acceptors (Lipinski definition) is 7. The summed E-state index contributed by atoms with van der Waals surface area (Å²) in [4.78, 5) is 27.8. The van der Waals surface area contributed by atoms with Crippen molar-refractivity contribution < 1.29 is 18.0 Å². The Balaban J connectivity index is 1.77. The summed E-state index contributed by atoms with van der Waals surface area (Å²) in [5.74, 6) is -0.0337. The van der Waals surface area contributed by atoms with Crippen molar-refractivity contribution in [2.75, 3.05) is 37.5 Å². The van der Waals surface area contributed by atoms with Crippen molar-refractivity contribution in [3.63, 3.8) is 0 Å². The van der Waals surface area contributed by atoms with Crippen LogP contribution in [0.1, 0.15) is 23.3 Å². The summed E-state index contributed by atoms with van der Waals surface area (Å²) in [7, 11) is -1.21. The Kier molecular flexibility index (Phi) is 6.14. The molecule has 2 heterocycles. The van der Waals surface area contributed by atoms with Gasteiger partial charge in [0, 0.05) is 25.8 Å². The van der Waals surface area contributed by atoms with E-state index in [0.717, 1.165) is 30.4 Å². The van der Waals surface area contributed by atoms with Crippen LogP contribution in [0.3, 0.4) is 0 Å². The number of carbonyl (C=O) groups is 1. The van der Waals surface area contributed by atoms with Crippen LogP contribution in [0, 0.1) is 0 Å². The molecular formula is C17H20ClN5O4S. The molecule has 0 unspecified atom stereocenters. The third-order valence-electron chi connectivity index (χ3n) is 4.34. The van der Waals surface area contributed by atoms with E-state index < -0.39 is 15.9 Å². The fourth-order valence-electron chi connectivity index (χ4n) is 2.73. The molecule has 0 radical (unpaired) electrons. The van der Waals surface area contributed by atoms with Crippen molar-refractivity contribution in [3.05, 3.63) is 41.2 Å². The number of hydrogen-bond donors (Lipinski definition) is 1. The molecule has 1 amide bonds. The Hall–Kier alpha value is -2.27. The number of sulfonamides is 1. The highest BCUT2D eigenvalue weighted by molar-refractivity contribution is 7.89. The number of nitrogens with one attached hydrogen (secondary N) is 1. The molecule has 0 bridgehead atoms. The Morgan fingerprint density at radius 1 is 1.25 bits per heavy atom. The standard InChI is InChI=1S/C17H20ClN5O4S/c1-22(27-2)28(25,26)13-7-5-12(6-8-13)20-16(24)15-14(18)11-19-17(21-15)23-9-3-4-10-23/h5-8,11H,3-4,9-10H2,1-2H3,(H,20,24). The van der Waals surface area contributed by atoms with Crippen molar-refractivity contribution in [2.45, 2.75) is 17.7 Å².